The Morgan fingerprint density at radius 1 is 1.17 bits per heavy atom. The Hall–Kier alpha value is 1.30. The van der Waals surface area contributed by atoms with Crippen molar-refractivity contribution in [3.63, 3.8) is 0 Å². The van der Waals surface area contributed by atoms with E-state index >= 15 is 0 Å². The summed E-state index contributed by atoms with van der Waals surface area (Å²) in [5.41, 5.74) is 0. The molecule has 0 bridgehead atoms. The van der Waals surface area contributed by atoms with Gasteiger partial charge in [0.25, 0.3) is 0 Å². The molecule has 0 aliphatic rings. The summed E-state index contributed by atoms with van der Waals surface area (Å²) in [6, 6.07) is 0. The van der Waals surface area contributed by atoms with Gasteiger partial charge in [0.15, 0.2) is 0 Å². The molecule has 0 saturated carbocycles. The topological polar surface area (TPSA) is 0 Å². The molecule has 6 heteroatoms. The third-order valence-electron chi connectivity index (χ3n) is 0.188. The molecule has 0 aliphatic heterocycles. The van der Waals surface area contributed by atoms with Gasteiger partial charge >= 0.3 is 0 Å². The molecular weight excluding hydrogens is 169 g/mol. The van der Waals surface area contributed by atoms with E-state index in [9.17, 15) is 0 Å². The van der Waals surface area contributed by atoms with Crippen LogP contribution in [0.5, 0.6) is 0 Å². The maximum absolute atomic E-state index is 3.45. The highest BCUT2D eigenvalue weighted by Gasteiger charge is 2.08. The molecular formula is Si6. The zero-order valence-electron chi connectivity index (χ0n) is 3.00. The highest BCUT2D eigenvalue weighted by Crippen LogP contribution is 1.70. The second-order valence-corrected chi connectivity index (χ2v) is 23.6. The fourth-order valence-electron chi connectivity index (χ4n) is 0. The van der Waals surface area contributed by atoms with Crippen LogP contribution in [0, 0.1) is 0 Å². The first-order valence-electron chi connectivity index (χ1n) is 1.25. The molecule has 0 unspecified atom stereocenters. The molecule has 0 N–H and O–H groups in total. The first kappa shape index (κ1) is 7.30. The molecule has 0 aromatic heterocycles. The van der Waals surface area contributed by atoms with Crippen molar-refractivity contribution in [2.24, 2.45) is 0 Å². The molecule has 0 heterocycles. The standard InChI is InChI=1S/Si6/c1-5-6(2,3)4. The fourth-order valence-corrected chi connectivity index (χ4v) is 0. The average molecular weight is 169 g/mol. The molecule has 0 spiro atoms. The minimum atomic E-state index is -1.27. The van der Waals surface area contributed by atoms with Crippen molar-refractivity contribution < 1.29 is 0 Å². The van der Waals surface area contributed by atoms with Crippen molar-refractivity contribution in [2.75, 3.05) is 0 Å². The summed E-state index contributed by atoms with van der Waals surface area (Å²) in [5.74, 6) is 0. The van der Waals surface area contributed by atoms with Crippen LogP contribution in [0.1, 0.15) is 0 Å². The summed E-state index contributed by atoms with van der Waals surface area (Å²) in [7, 11) is 14.5. The van der Waals surface area contributed by atoms with Gasteiger partial charge in [0.1, 0.15) is 0 Å². The molecule has 24 valence electrons. The smallest absolute Gasteiger partial charge is 0 e. The Bertz CT molecular complexity index is 29.8. The molecule has 0 rings (SSSR count). The van der Waals surface area contributed by atoms with Gasteiger partial charge in [0, 0.05) is 53.7 Å². The van der Waals surface area contributed by atoms with Crippen LogP contribution in [0.3, 0.4) is 0 Å². The van der Waals surface area contributed by atoms with Crippen molar-refractivity contribution in [1.82, 2.24) is 0 Å². The summed E-state index contributed by atoms with van der Waals surface area (Å²) in [6.45, 7) is 0. The summed E-state index contributed by atoms with van der Waals surface area (Å²) in [6.07, 6.45) is -1.27. The molecule has 0 nitrogen and oxygen atoms in total. The third kappa shape index (κ3) is 5.30. The molecule has 0 atom stereocenters. The van der Waals surface area contributed by atoms with Crippen LogP contribution in [0.15, 0.2) is 0 Å². The lowest BCUT2D eigenvalue weighted by atomic mass is 26.0. The van der Waals surface area contributed by atoms with Gasteiger partial charge in [-0.2, -0.15) is 0 Å². The third-order valence-corrected chi connectivity index (χ3v) is 15.2. The maximum Gasteiger partial charge on any atom is 0 e. The lowest BCUT2D eigenvalue weighted by Crippen LogP contribution is -2.45. The van der Waals surface area contributed by atoms with Gasteiger partial charge in [-0.3, -0.25) is 0 Å². The Kier molecular flexibility index (Phi) is 3.13. The number of hydrogen-bond acceptors (Lipinski definition) is 0. The van der Waals surface area contributed by atoms with Crippen LogP contribution in [-0.4, -0.2) is 53.7 Å². The molecule has 14 radical (unpaired) electrons. The van der Waals surface area contributed by atoms with E-state index in [1.54, 1.807) is 0 Å². The van der Waals surface area contributed by atoms with Crippen molar-refractivity contribution in [3.8, 4) is 0 Å². The van der Waals surface area contributed by atoms with Gasteiger partial charge in [0.2, 0.25) is 0 Å². The van der Waals surface area contributed by atoms with Gasteiger partial charge < -0.3 is 0 Å². The predicted octanol–water partition coefficient (Wildman–Crippen LogP) is -2.28. The highest BCUT2D eigenvalue weighted by molar-refractivity contribution is 7.83. The highest BCUT2D eigenvalue weighted by atomic mass is 30.2. The molecule has 0 saturated heterocycles. The number of rotatable bonds is 1. The zero-order chi connectivity index (χ0) is 5.21. The van der Waals surface area contributed by atoms with Gasteiger partial charge in [0.05, 0.1) is 0 Å². The van der Waals surface area contributed by atoms with Gasteiger partial charge in [-0.05, 0) is 0 Å². The van der Waals surface area contributed by atoms with Crippen LogP contribution in [0.2, 0.25) is 0 Å². The van der Waals surface area contributed by atoms with Crippen LogP contribution in [0.4, 0.5) is 0 Å². The molecule has 0 aliphatic carbocycles. The SMILES string of the molecule is [Si][Si][Si]([Si])([Si])[Si]. The van der Waals surface area contributed by atoms with Gasteiger partial charge in [-0.15, -0.1) is 0 Å². The average Bonchev–Trinajstić information content (AvgIpc) is 1.35. The monoisotopic (exact) mass is 168 g/mol. The van der Waals surface area contributed by atoms with E-state index in [-0.39, 0.29) is 0 Å². The quantitative estimate of drug-likeness (QED) is 0.387. The minimum Gasteiger partial charge on any atom is 0 e. The molecule has 0 aromatic carbocycles. The van der Waals surface area contributed by atoms with Crippen LogP contribution >= 0.6 is 0 Å². The van der Waals surface area contributed by atoms with Crippen LogP contribution < -0.4 is 0 Å². The summed E-state index contributed by atoms with van der Waals surface area (Å²) in [4.78, 5) is 0. The van der Waals surface area contributed by atoms with Crippen molar-refractivity contribution >= 4 is 53.7 Å². The Balaban J connectivity index is 3.17. The van der Waals surface area contributed by atoms with E-state index < -0.39 is 6.14 Å². The maximum atomic E-state index is 3.45. The van der Waals surface area contributed by atoms with Crippen molar-refractivity contribution in [3.05, 3.63) is 0 Å². The van der Waals surface area contributed by atoms with Crippen LogP contribution in [0.25, 0.3) is 0 Å². The Morgan fingerprint density at radius 2 is 1.33 bits per heavy atom. The largest absolute Gasteiger partial charge is 0 e. The van der Waals surface area contributed by atoms with Crippen molar-refractivity contribution in [2.45, 2.75) is 0 Å². The first-order chi connectivity index (χ1) is 2.56. The molecule has 0 fully saturated rings. The zero-order valence-corrected chi connectivity index (χ0v) is 9.00. The van der Waals surface area contributed by atoms with Crippen LogP contribution in [-0.2, 0) is 0 Å². The molecule has 0 aromatic rings. The lowest BCUT2D eigenvalue weighted by Gasteiger charge is -2.07. The number of hydrogen-bond donors (Lipinski definition) is 0. The lowest BCUT2D eigenvalue weighted by molar-refractivity contribution is 3.68. The fraction of sp³-hybridized carbons (Fsp3) is 0. The Morgan fingerprint density at radius 3 is 1.33 bits per heavy atom. The Labute approximate surface area is 54.0 Å². The van der Waals surface area contributed by atoms with Crippen molar-refractivity contribution in [1.29, 1.82) is 0 Å². The summed E-state index contributed by atoms with van der Waals surface area (Å²) >= 11 is 0. The normalized spacial score (nSPS) is 12.0. The molecule has 0 amide bonds. The van der Waals surface area contributed by atoms with E-state index in [4.69, 9.17) is 0 Å². The van der Waals surface area contributed by atoms with E-state index in [0.29, 0.717) is 0 Å². The summed E-state index contributed by atoms with van der Waals surface area (Å²) < 4.78 is 0. The van der Waals surface area contributed by atoms with E-state index in [1.807, 2.05) is 0 Å². The molecule has 6 heavy (non-hydrogen) atoms. The van der Waals surface area contributed by atoms with E-state index in [1.165, 1.54) is 0 Å². The predicted molar refractivity (Wildman–Crippen MR) is 34.5 cm³/mol. The van der Waals surface area contributed by atoms with Gasteiger partial charge in [-0.25, -0.2) is 0 Å². The minimum absolute atomic E-state index is 0.752. The van der Waals surface area contributed by atoms with Gasteiger partial charge in [-0.1, -0.05) is 0 Å². The summed E-state index contributed by atoms with van der Waals surface area (Å²) in [5, 5.41) is 0. The first-order valence-corrected chi connectivity index (χ1v) is 11.2. The van der Waals surface area contributed by atoms with E-state index in [0.717, 1.165) is 8.55 Å². The second-order valence-electron chi connectivity index (χ2n) is 0.875. The van der Waals surface area contributed by atoms with E-state index in [2.05, 4.69) is 39.0 Å². The second kappa shape index (κ2) is 2.57.